The minimum atomic E-state index is -4.10. The van der Waals surface area contributed by atoms with Gasteiger partial charge < -0.3 is 14.2 Å². The molecule has 0 aliphatic carbocycles. The number of pyridine rings is 1. The molecule has 2 atom stereocenters. The van der Waals surface area contributed by atoms with Crippen molar-refractivity contribution in [2.75, 3.05) is 26.1 Å². The molecule has 1 aromatic carbocycles. The van der Waals surface area contributed by atoms with E-state index < -0.39 is 21.4 Å². The fraction of sp³-hybridized carbons (Fsp3) is 0.292. The van der Waals surface area contributed by atoms with Gasteiger partial charge in [0.05, 0.1) is 14.2 Å². The molecule has 4 aromatic rings. The van der Waals surface area contributed by atoms with Crippen molar-refractivity contribution in [3.05, 3.63) is 66.4 Å². The summed E-state index contributed by atoms with van der Waals surface area (Å²) in [6, 6.07) is 10.8. The molecule has 0 fully saturated rings. The van der Waals surface area contributed by atoms with Crippen LogP contribution in [-0.4, -0.2) is 64.7 Å². The lowest BCUT2D eigenvalue weighted by Gasteiger charge is -2.22. The standard InChI is InChI=1S/C24H27N7O5S/c1-15-13-26-21(27-14-15)20(35-4)16(2)37(32,33)30-24-29-28-22(17-9-7-6-8-10-17)31(24)19-18(34-3)11-12-25-23(19)36-5/h6-14,16,20H,1-5H3,(H,29,30)/t16-,20-/m0/s1. The number of methoxy groups -OCH3 is 3. The van der Waals surface area contributed by atoms with Crippen LogP contribution < -0.4 is 14.2 Å². The highest BCUT2D eigenvalue weighted by atomic mass is 32.2. The van der Waals surface area contributed by atoms with Gasteiger partial charge in [-0.25, -0.2) is 23.4 Å². The van der Waals surface area contributed by atoms with Crippen molar-refractivity contribution in [2.45, 2.75) is 25.2 Å². The molecule has 0 aliphatic rings. The van der Waals surface area contributed by atoms with Gasteiger partial charge in [-0.3, -0.25) is 9.29 Å². The lowest BCUT2D eigenvalue weighted by molar-refractivity contribution is 0.0949. The summed E-state index contributed by atoms with van der Waals surface area (Å²) in [5.74, 6) is 1.07. The second-order valence-electron chi connectivity index (χ2n) is 8.05. The summed E-state index contributed by atoms with van der Waals surface area (Å²) in [5.41, 5.74) is 1.85. The lowest BCUT2D eigenvalue weighted by Crippen LogP contribution is -2.33. The first kappa shape index (κ1) is 26.0. The third-order valence-corrected chi connectivity index (χ3v) is 7.34. The van der Waals surface area contributed by atoms with E-state index in [-0.39, 0.29) is 17.7 Å². The van der Waals surface area contributed by atoms with Crippen molar-refractivity contribution < 1.29 is 22.6 Å². The molecule has 0 aliphatic heterocycles. The highest BCUT2D eigenvalue weighted by Crippen LogP contribution is 2.36. The Labute approximate surface area is 214 Å². The largest absolute Gasteiger partial charge is 0.494 e. The number of hydrogen-bond acceptors (Lipinski definition) is 10. The van der Waals surface area contributed by atoms with E-state index in [1.807, 2.05) is 37.3 Å². The van der Waals surface area contributed by atoms with E-state index in [4.69, 9.17) is 14.2 Å². The molecule has 0 amide bonds. The molecule has 3 aromatic heterocycles. The molecule has 13 heteroatoms. The zero-order valence-corrected chi connectivity index (χ0v) is 21.8. The van der Waals surface area contributed by atoms with Crippen LogP contribution >= 0.6 is 0 Å². The maximum absolute atomic E-state index is 13.6. The first-order valence-electron chi connectivity index (χ1n) is 11.2. The smallest absolute Gasteiger partial charge is 0.243 e. The van der Waals surface area contributed by atoms with E-state index >= 15 is 0 Å². The van der Waals surface area contributed by atoms with Crippen molar-refractivity contribution in [2.24, 2.45) is 0 Å². The summed E-state index contributed by atoms with van der Waals surface area (Å²) < 4.78 is 47.7. The van der Waals surface area contributed by atoms with Crippen LogP contribution in [0.4, 0.5) is 5.95 Å². The molecule has 0 unspecified atom stereocenters. The summed E-state index contributed by atoms with van der Waals surface area (Å²) in [6.07, 6.45) is 3.78. The van der Waals surface area contributed by atoms with Gasteiger partial charge >= 0.3 is 0 Å². The molecule has 1 N–H and O–H groups in total. The Bertz CT molecular complexity index is 1440. The predicted molar refractivity (Wildman–Crippen MR) is 136 cm³/mol. The van der Waals surface area contributed by atoms with Gasteiger partial charge in [0.15, 0.2) is 17.3 Å². The number of sulfonamides is 1. The van der Waals surface area contributed by atoms with Crippen LogP contribution in [0.15, 0.2) is 55.0 Å². The molecule has 4 rings (SSSR count). The SMILES string of the molecule is COc1ccnc(OC)c1-n1c(NS(=O)(=O)[C@@H](C)[C@H](OC)c2ncc(C)cn2)nnc1-c1ccccc1. The number of rotatable bonds is 10. The highest BCUT2D eigenvalue weighted by molar-refractivity contribution is 7.93. The van der Waals surface area contributed by atoms with Gasteiger partial charge in [0, 0.05) is 37.3 Å². The zero-order valence-electron chi connectivity index (χ0n) is 21.0. The maximum atomic E-state index is 13.6. The molecular weight excluding hydrogens is 498 g/mol. The summed E-state index contributed by atoms with van der Waals surface area (Å²) in [5, 5.41) is 7.36. The normalized spacial score (nSPS) is 13.1. The van der Waals surface area contributed by atoms with Crippen molar-refractivity contribution in [1.29, 1.82) is 0 Å². The van der Waals surface area contributed by atoms with E-state index in [2.05, 4.69) is 29.9 Å². The Morgan fingerprint density at radius 1 is 0.946 bits per heavy atom. The number of aromatic nitrogens is 6. The van der Waals surface area contributed by atoms with Gasteiger partial charge in [-0.05, 0) is 19.4 Å². The second kappa shape index (κ2) is 10.9. The average molecular weight is 526 g/mol. The number of nitrogens with zero attached hydrogens (tertiary/aromatic N) is 6. The average Bonchev–Trinajstić information content (AvgIpc) is 3.32. The van der Waals surface area contributed by atoms with Crippen molar-refractivity contribution in [3.8, 4) is 28.7 Å². The maximum Gasteiger partial charge on any atom is 0.243 e. The van der Waals surface area contributed by atoms with E-state index in [1.165, 1.54) is 39.0 Å². The van der Waals surface area contributed by atoms with Gasteiger partial charge in [0.25, 0.3) is 0 Å². The third-order valence-electron chi connectivity index (χ3n) is 5.64. The van der Waals surface area contributed by atoms with Gasteiger partial charge in [-0.15, -0.1) is 10.2 Å². The number of aryl methyl sites for hydroxylation is 1. The molecule has 37 heavy (non-hydrogen) atoms. The minimum Gasteiger partial charge on any atom is -0.494 e. The monoisotopic (exact) mass is 525 g/mol. The number of benzene rings is 1. The van der Waals surface area contributed by atoms with Crippen LogP contribution in [-0.2, 0) is 14.8 Å². The van der Waals surface area contributed by atoms with E-state index in [9.17, 15) is 8.42 Å². The zero-order chi connectivity index (χ0) is 26.6. The Morgan fingerprint density at radius 2 is 1.65 bits per heavy atom. The first-order chi connectivity index (χ1) is 17.8. The number of anilines is 1. The van der Waals surface area contributed by atoms with Gasteiger partial charge in [0.2, 0.25) is 21.9 Å². The van der Waals surface area contributed by atoms with Crippen LogP contribution in [0.25, 0.3) is 17.1 Å². The fourth-order valence-electron chi connectivity index (χ4n) is 3.71. The Kier molecular flexibility index (Phi) is 7.64. The number of hydrogen-bond donors (Lipinski definition) is 1. The highest BCUT2D eigenvalue weighted by Gasteiger charge is 2.35. The molecule has 3 heterocycles. The van der Waals surface area contributed by atoms with E-state index in [0.717, 1.165) is 5.56 Å². The summed E-state index contributed by atoms with van der Waals surface area (Å²) >= 11 is 0. The molecular formula is C24H27N7O5S. The Balaban J connectivity index is 1.83. The summed E-state index contributed by atoms with van der Waals surface area (Å²) in [4.78, 5) is 12.8. The van der Waals surface area contributed by atoms with E-state index in [1.54, 1.807) is 18.5 Å². The van der Waals surface area contributed by atoms with Crippen LogP contribution in [0, 0.1) is 6.92 Å². The minimum absolute atomic E-state index is 0.0880. The van der Waals surface area contributed by atoms with Crippen LogP contribution in [0.2, 0.25) is 0 Å². The number of ether oxygens (including phenoxy) is 3. The Morgan fingerprint density at radius 3 is 2.27 bits per heavy atom. The molecule has 0 saturated heterocycles. The third kappa shape index (κ3) is 5.22. The second-order valence-corrected chi connectivity index (χ2v) is 10.1. The molecule has 0 saturated carbocycles. The van der Waals surface area contributed by atoms with Crippen LogP contribution in [0.1, 0.15) is 24.4 Å². The van der Waals surface area contributed by atoms with Gasteiger partial charge in [0.1, 0.15) is 17.1 Å². The molecule has 12 nitrogen and oxygen atoms in total. The predicted octanol–water partition coefficient (Wildman–Crippen LogP) is 2.96. The van der Waals surface area contributed by atoms with E-state index in [0.29, 0.717) is 22.8 Å². The molecule has 0 bridgehead atoms. The lowest BCUT2D eigenvalue weighted by atomic mass is 10.2. The molecule has 0 spiro atoms. The van der Waals surface area contributed by atoms with Gasteiger partial charge in [-0.2, -0.15) is 0 Å². The summed E-state index contributed by atoms with van der Waals surface area (Å²) in [7, 11) is 0.243. The summed E-state index contributed by atoms with van der Waals surface area (Å²) in [6.45, 7) is 3.34. The van der Waals surface area contributed by atoms with Crippen LogP contribution in [0.3, 0.4) is 0 Å². The van der Waals surface area contributed by atoms with Crippen molar-refractivity contribution in [1.82, 2.24) is 29.7 Å². The molecule has 0 radical (unpaired) electrons. The quantitative estimate of drug-likeness (QED) is 0.328. The fourth-order valence-corrected chi connectivity index (χ4v) is 4.84. The van der Waals surface area contributed by atoms with Gasteiger partial charge in [-0.1, -0.05) is 30.3 Å². The molecule has 194 valence electrons. The van der Waals surface area contributed by atoms with Crippen molar-refractivity contribution >= 4 is 16.0 Å². The number of nitrogens with one attached hydrogen (secondary N) is 1. The Hall–Kier alpha value is -4.10. The van der Waals surface area contributed by atoms with Crippen LogP contribution in [0.5, 0.6) is 11.6 Å². The topological polar surface area (TPSA) is 143 Å². The first-order valence-corrected chi connectivity index (χ1v) is 12.8. The van der Waals surface area contributed by atoms with Crippen molar-refractivity contribution in [3.63, 3.8) is 0 Å².